The van der Waals surface area contributed by atoms with E-state index in [1.807, 2.05) is 35.2 Å². The van der Waals surface area contributed by atoms with Gasteiger partial charge in [0.1, 0.15) is 18.5 Å². The summed E-state index contributed by atoms with van der Waals surface area (Å²) in [5.74, 6) is -0.640. The lowest BCUT2D eigenvalue weighted by Crippen LogP contribution is -2.42. The second-order valence-electron chi connectivity index (χ2n) is 7.09. The Morgan fingerprint density at radius 2 is 1.97 bits per heavy atom. The lowest BCUT2D eigenvalue weighted by atomic mass is 10.1. The molecule has 1 aromatic carbocycles. The van der Waals surface area contributed by atoms with Gasteiger partial charge in [0.25, 0.3) is 0 Å². The Balaban J connectivity index is 2.03. The van der Waals surface area contributed by atoms with Gasteiger partial charge in [-0.15, -0.1) is 13.2 Å². The van der Waals surface area contributed by atoms with Crippen LogP contribution in [-0.4, -0.2) is 70.3 Å². The number of nitrogens with zero attached hydrogens (tertiary/aromatic N) is 2. The third-order valence-electron chi connectivity index (χ3n) is 4.75. The molecule has 1 aliphatic heterocycles. The summed E-state index contributed by atoms with van der Waals surface area (Å²) in [6.07, 6.45) is 2.89. The molecule has 170 valence electrons. The van der Waals surface area contributed by atoms with E-state index in [1.165, 1.54) is 6.08 Å². The van der Waals surface area contributed by atoms with E-state index in [9.17, 15) is 13.2 Å². The van der Waals surface area contributed by atoms with Crippen LogP contribution in [0.25, 0.3) is 0 Å². The maximum Gasteiger partial charge on any atom is 0.328 e. The molecule has 1 saturated heterocycles. The number of rotatable bonds is 11. The first-order valence-electron chi connectivity index (χ1n) is 10.2. The molecular weight excluding hydrogens is 418 g/mol. The zero-order chi connectivity index (χ0) is 22.7. The fourth-order valence-corrected chi connectivity index (χ4v) is 4.06. The van der Waals surface area contributed by atoms with Gasteiger partial charge in [0.2, 0.25) is 10.0 Å². The van der Waals surface area contributed by atoms with Gasteiger partial charge in [0, 0.05) is 19.0 Å². The number of hydrogen-bond donors (Lipinski definition) is 1. The molecule has 8 nitrogen and oxygen atoms in total. The van der Waals surface area contributed by atoms with E-state index in [1.54, 1.807) is 13.0 Å². The molecule has 1 heterocycles. The average molecular weight is 450 g/mol. The van der Waals surface area contributed by atoms with Gasteiger partial charge in [-0.3, -0.25) is 14.6 Å². The standard InChI is InChI=1S/C22H31N3O5S/c1-4-17-31(27,28)24-21(18(3)5-2)23-11-14-30-22(26)20(19-9-7-6-8-10-19)25-12-15-29-16-13-25/h4-10,18,20H,1-2,11-17H2,3H3,(H,23,24). The quantitative estimate of drug-likeness (QED) is 0.182. The average Bonchev–Trinajstić information content (AvgIpc) is 2.77. The van der Waals surface area contributed by atoms with Crippen LogP contribution < -0.4 is 4.72 Å². The number of sulfonamides is 1. The number of carbonyl (C=O) groups excluding carboxylic acids is 1. The zero-order valence-corrected chi connectivity index (χ0v) is 18.7. The maximum atomic E-state index is 12.9. The number of amidine groups is 1. The molecule has 0 saturated carbocycles. The molecule has 0 aliphatic carbocycles. The first kappa shape index (κ1) is 24.8. The van der Waals surface area contributed by atoms with Gasteiger partial charge in [-0.05, 0) is 5.56 Å². The van der Waals surface area contributed by atoms with Crippen LogP contribution in [0.15, 0.2) is 60.6 Å². The smallest absolute Gasteiger partial charge is 0.328 e. The summed E-state index contributed by atoms with van der Waals surface area (Å²) < 4.78 is 37.4. The molecule has 1 aromatic rings. The Morgan fingerprint density at radius 3 is 2.58 bits per heavy atom. The lowest BCUT2D eigenvalue weighted by molar-refractivity contribution is -0.151. The van der Waals surface area contributed by atoms with Crippen molar-refractivity contribution in [3.05, 3.63) is 61.2 Å². The summed E-state index contributed by atoms with van der Waals surface area (Å²) in [5.41, 5.74) is 0.857. The number of hydrogen-bond acceptors (Lipinski definition) is 7. The molecule has 0 amide bonds. The number of nitrogens with one attached hydrogen (secondary N) is 1. The fraction of sp³-hybridized carbons (Fsp3) is 0.455. The largest absolute Gasteiger partial charge is 0.462 e. The van der Waals surface area contributed by atoms with Gasteiger partial charge in [0.05, 0.1) is 25.5 Å². The molecule has 2 unspecified atom stereocenters. The summed E-state index contributed by atoms with van der Waals surface area (Å²) in [5, 5.41) is 0. The summed E-state index contributed by atoms with van der Waals surface area (Å²) in [7, 11) is -3.58. The van der Waals surface area contributed by atoms with Crippen molar-refractivity contribution in [3.8, 4) is 0 Å². The van der Waals surface area contributed by atoms with Crippen molar-refractivity contribution in [1.82, 2.24) is 9.62 Å². The molecule has 0 bridgehead atoms. The number of morpholine rings is 1. The van der Waals surface area contributed by atoms with Gasteiger partial charge in [-0.25, -0.2) is 13.2 Å². The molecule has 31 heavy (non-hydrogen) atoms. The van der Waals surface area contributed by atoms with Gasteiger partial charge < -0.3 is 9.47 Å². The van der Waals surface area contributed by atoms with Crippen molar-refractivity contribution in [2.75, 3.05) is 45.2 Å². The molecule has 0 spiro atoms. The second kappa shape index (κ2) is 12.4. The van der Waals surface area contributed by atoms with Gasteiger partial charge >= 0.3 is 5.97 Å². The van der Waals surface area contributed by atoms with Crippen LogP contribution in [0.5, 0.6) is 0 Å². The van der Waals surface area contributed by atoms with Crippen LogP contribution in [0, 0.1) is 5.92 Å². The van der Waals surface area contributed by atoms with Crippen LogP contribution in [-0.2, 0) is 24.3 Å². The minimum absolute atomic E-state index is 0.0308. The highest BCUT2D eigenvalue weighted by Crippen LogP contribution is 2.23. The SMILES string of the molecule is C=CCS(=O)(=O)NC(=NCCOC(=O)C(c1ccccc1)N1CCOCC1)C(C)C=C. The topological polar surface area (TPSA) is 97.3 Å². The van der Waals surface area contributed by atoms with E-state index in [0.717, 1.165) is 5.56 Å². The summed E-state index contributed by atoms with van der Waals surface area (Å²) in [6, 6.07) is 8.95. The highest BCUT2D eigenvalue weighted by Gasteiger charge is 2.30. The zero-order valence-electron chi connectivity index (χ0n) is 17.9. The van der Waals surface area contributed by atoms with Crippen molar-refractivity contribution in [2.24, 2.45) is 10.9 Å². The maximum absolute atomic E-state index is 12.9. The number of esters is 1. The van der Waals surface area contributed by atoms with E-state index in [2.05, 4.69) is 22.9 Å². The van der Waals surface area contributed by atoms with E-state index in [-0.39, 0.29) is 36.6 Å². The molecular formula is C22H31N3O5S. The highest BCUT2D eigenvalue weighted by molar-refractivity contribution is 7.90. The van der Waals surface area contributed by atoms with Gasteiger partial charge in [-0.2, -0.15) is 0 Å². The molecule has 0 aromatic heterocycles. The van der Waals surface area contributed by atoms with Crippen LogP contribution in [0.3, 0.4) is 0 Å². The molecule has 9 heteroatoms. The van der Waals surface area contributed by atoms with Crippen molar-refractivity contribution in [3.63, 3.8) is 0 Å². The van der Waals surface area contributed by atoms with Gasteiger partial charge in [-0.1, -0.05) is 49.4 Å². The minimum atomic E-state index is -3.58. The molecule has 1 N–H and O–H groups in total. The summed E-state index contributed by atoms with van der Waals surface area (Å²) in [6.45, 7) is 11.5. The van der Waals surface area contributed by atoms with E-state index < -0.39 is 16.1 Å². The highest BCUT2D eigenvalue weighted by atomic mass is 32.2. The summed E-state index contributed by atoms with van der Waals surface area (Å²) >= 11 is 0. The Kier molecular flexibility index (Phi) is 9.90. The molecule has 1 fully saturated rings. The molecule has 0 radical (unpaired) electrons. The van der Waals surface area contributed by atoms with Crippen LogP contribution in [0.1, 0.15) is 18.5 Å². The van der Waals surface area contributed by atoms with Crippen LogP contribution >= 0.6 is 0 Å². The number of carbonyl (C=O) groups is 1. The third kappa shape index (κ3) is 7.93. The van der Waals surface area contributed by atoms with Crippen molar-refractivity contribution >= 4 is 21.8 Å². The molecule has 2 atom stereocenters. The van der Waals surface area contributed by atoms with Crippen molar-refractivity contribution in [2.45, 2.75) is 13.0 Å². The monoisotopic (exact) mass is 449 g/mol. The van der Waals surface area contributed by atoms with Crippen LogP contribution in [0.4, 0.5) is 0 Å². The molecule has 1 aliphatic rings. The normalized spacial score (nSPS) is 17.4. The number of ether oxygens (including phenoxy) is 2. The minimum Gasteiger partial charge on any atom is -0.462 e. The Labute approximate surface area is 184 Å². The predicted molar refractivity (Wildman–Crippen MR) is 121 cm³/mol. The first-order valence-corrected chi connectivity index (χ1v) is 11.8. The summed E-state index contributed by atoms with van der Waals surface area (Å²) in [4.78, 5) is 19.2. The third-order valence-corrected chi connectivity index (χ3v) is 5.94. The number of benzene rings is 1. The lowest BCUT2D eigenvalue weighted by Gasteiger charge is -2.33. The Morgan fingerprint density at radius 1 is 1.29 bits per heavy atom. The predicted octanol–water partition coefficient (Wildman–Crippen LogP) is 1.93. The van der Waals surface area contributed by atoms with Crippen molar-refractivity contribution < 1.29 is 22.7 Å². The van der Waals surface area contributed by atoms with E-state index >= 15 is 0 Å². The fourth-order valence-electron chi connectivity index (χ4n) is 3.10. The van der Waals surface area contributed by atoms with Crippen LogP contribution in [0.2, 0.25) is 0 Å². The van der Waals surface area contributed by atoms with Crippen molar-refractivity contribution in [1.29, 1.82) is 0 Å². The Hall–Kier alpha value is -2.49. The molecule has 2 rings (SSSR count). The van der Waals surface area contributed by atoms with Gasteiger partial charge in [0.15, 0.2) is 0 Å². The second-order valence-corrected chi connectivity index (χ2v) is 8.86. The number of aliphatic imine (C=N–C) groups is 1. The van der Waals surface area contributed by atoms with E-state index in [0.29, 0.717) is 26.3 Å². The first-order chi connectivity index (χ1) is 14.9. The van der Waals surface area contributed by atoms with E-state index in [4.69, 9.17) is 9.47 Å². The Bertz CT molecular complexity index is 864.